The topological polar surface area (TPSA) is 70.4 Å². The SMILES string of the molecule is CC(C(=O)NN1CCCCCC1)n1cc(-c2cc(F)cc3c2-c2ccccc2C3(O)C(F)(F)F)cn1. The number of carbonyl (C=O) groups is 1. The van der Waals surface area contributed by atoms with Crippen LogP contribution in [0.15, 0.2) is 48.8 Å². The molecule has 0 spiro atoms. The standard InChI is InChI=1S/C26H26F4N4O2/c1-16(24(35)32-33-10-6-2-3-7-11-33)34-15-17(14-31-34)20-12-18(27)13-22-23(20)19-8-4-5-9-21(19)25(22,36)26(28,29)30/h4-5,8-9,12-16,36H,2-3,6-7,10-11H2,1H3,(H,32,35). The van der Waals surface area contributed by atoms with Gasteiger partial charge in [-0.1, -0.05) is 37.1 Å². The van der Waals surface area contributed by atoms with E-state index in [1.54, 1.807) is 13.0 Å². The Morgan fingerprint density at radius 1 is 1.08 bits per heavy atom. The number of hydrazine groups is 1. The van der Waals surface area contributed by atoms with Crippen molar-refractivity contribution in [1.82, 2.24) is 20.2 Å². The van der Waals surface area contributed by atoms with E-state index in [2.05, 4.69) is 10.5 Å². The molecule has 0 radical (unpaired) electrons. The highest BCUT2D eigenvalue weighted by Gasteiger charge is 2.61. The first-order valence-corrected chi connectivity index (χ1v) is 11.9. The van der Waals surface area contributed by atoms with Gasteiger partial charge in [0.05, 0.1) is 6.20 Å². The number of aromatic nitrogens is 2. The van der Waals surface area contributed by atoms with Crippen LogP contribution in [0.1, 0.15) is 49.8 Å². The first kappa shape index (κ1) is 24.5. The number of halogens is 4. The van der Waals surface area contributed by atoms with Gasteiger partial charge in [0.25, 0.3) is 5.91 Å². The van der Waals surface area contributed by atoms with Crippen LogP contribution in [0.3, 0.4) is 0 Å². The van der Waals surface area contributed by atoms with Crippen molar-refractivity contribution in [3.8, 4) is 22.3 Å². The van der Waals surface area contributed by atoms with Crippen LogP contribution in [-0.4, -0.2) is 45.1 Å². The third-order valence-corrected chi connectivity index (χ3v) is 7.05. The van der Waals surface area contributed by atoms with Gasteiger partial charge in [-0.05, 0) is 48.6 Å². The fourth-order valence-corrected chi connectivity index (χ4v) is 5.12. The maximum atomic E-state index is 14.7. The van der Waals surface area contributed by atoms with E-state index in [9.17, 15) is 27.5 Å². The summed E-state index contributed by atoms with van der Waals surface area (Å²) in [6, 6.07) is 6.79. The van der Waals surface area contributed by atoms with Crippen LogP contribution < -0.4 is 5.43 Å². The van der Waals surface area contributed by atoms with Gasteiger partial charge < -0.3 is 5.11 Å². The van der Waals surface area contributed by atoms with E-state index in [0.717, 1.165) is 50.9 Å². The van der Waals surface area contributed by atoms with E-state index >= 15 is 0 Å². The second kappa shape index (κ2) is 9.01. The predicted molar refractivity (Wildman–Crippen MR) is 125 cm³/mol. The molecule has 0 saturated carbocycles. The molecule has 1 aromatic heterocycles. The third-order valence-electron chi connectivity index (χ3n) is 7.05. The largest absolute Gasteiger partial charge is 0.425 e. The number of rotatable bonds is 4. The second-order valence-electron chi connectivity index (χ2n) is 9.39. The van der Waals surface area contributed by atoms with Crippen molar-refractivity contribution in [3.63, 3.8) is 0 Å². The van der Waals surface area contributed by atoms with Crippen LogP contribution in [0.5, 0.6) is 0 Å². The highest BCUT2D eigenvalue weighted by molar-refractivity contribution is 5.92. The van der Waals surface area contributed by atoms with Crippen LogP contribution in [0.4, 0.5) is 17.6 Å². The molecule has 2 aliphatic rings. The minimum absolute atomic E-state index is 0.0908. The number of nitrogens with one attached hydrogen (secondary N) is 1. The molecule has 0 bridgehead atoms. The molecule has 1 aliphatic heterocycles. The molecular weight excluding hydrogens is 476 g/mol. The Morgan fingerprint density at radius 3 is 2.47 bits per heavy atom. The molecule has 6 nitrogen and oxygen atoms in total. The highest BCUT2D eigenvalue weighted by atomic mass is 19.4. The number of fused-ring (bicyclic) bond motifs is 3. The molecule has 5 rings (SSSR count). The number of carbonyl (C=O) groups excluding carboxylic acids is 1. The van der Waals surface area contributed by atoms with Crippen LogP contribution >= 0.6 is 0 Å². The number of hydrogen-bond donors (Lipinski definition) is 2. The molecule has 2 unspecified atom stereocenters. The van der Waals surface area contributed by atoms with Gasteiger partial charge in [-0.2, -0.15) is 18.3 Å². The lowest BCUT2D eigenvalue weighted by Crippen LogP contribution is -2.45. The van der Waals surface area contributed by atoms with Gasteiger partial charge in [-0.15, -0.1) is 0 Å². The van der Waals surface area contributed by atoms with Crippen LogP contribution in [-0.2, 0) is 10.4 Å². The molecule has 2 N–H and O–H groups in total. The summed E-state index contributed by atoms with van der Waals surface area (Å²) in [7, 11) is 0. The summed E-state index contributed by atoms with van der Waals surface area (Å²) in [6.07, 6.45) is 2.06. The van der Waals surface area contributed by atoms with E-state index < -0.39 is 29.2 Å². The van der Waals surface area contributed by atoms with E-state index in [0.29, 0.717) is 5.56 Å². The zero-order chi connectivity index (χ0) is 25.7. The molecule has 2 heterocycles. The van der Waals surface area contributed by atoms with Crippen molar-refractivity contribution < 1.29 is 27.5 Å². The van der Waals surface area contributed by atoms with Gasteiger partial charge in [0.2, 0.25) is 5.60 Å². The van der Waals surface area contributed by atoms with Gasteiger partial charge in [-0.25, -0.2) is 9.40 Å². The van der Waals surface area contributed by atoms with E-state index in [-0.39, 0.29) is 28.2 Å². The number of alkyl halides is 3. The quantitative estimate of drug-likeness (QED) is 0.496. The van der Waals surface area contributed by atoms with Gasteiger partial charge in [0.15, 0.2) is 0 Å². The Bertz CT molecular complexity index is 1300. The minimum atomic E-state index is -5.07. The number of hydrogen-bond acceptors (Lipinski definition) is 4. The van der Waals surface area contributed by atoms with Crippen molar-refractivity contribution in [2.75, 3.05) is 13.1 Å². The molecule has 1 saturated heterocycles. The number of aliphatic hydroxyl groups is 1. The predicted octanol–water partition coefficient (Wildman–Crippen LogP) is 4.94. The highest BCUT2D eigenvalue weighted by Crippen LogP contribution is 2.57. The maximum absolute atomic E-state index is 14.7. The second-order valence-corrected chi connectivity index (χ2v) is 9.39. The van der Waals surface area contributed by atoms with Crippen molar-refractivity contribution in [1.29, 1.82) is 0 Å². The Labute approximate surface area is 205 Å². The van der Waals surface area contributed by atoms with Crippen molar-refractivity contribution in [2.24, 2.45) is 0 Å². The number of amides is 1. The summed E-state index contributed by atoms with van der Waals surface area (Å²) in [5, 5.41) is 17.0. The summed E-state index contributed by atoms with van der Waals surface area (Å²) in [6.45, 7) is 3.19. The summed E-state index contributed by atoms with van der Waals surface area (Å²) >= 11 is 0. The smallest absolute Gasteiger partial charge is 0.372 e. The molecule has 2 aromatic carbocycles. The lowest BCUT2D eigenvalue weighted by Gasteiger charge is -2.28. The molecule has 2 atom stereocenters. The fourth-order valence-electron chi connectivity index (χ4n) is 5.12. The Kier molecular flexibility index (Phi) is 6.12. The Hall–Kier alpha value is -3.24. The molecule has 36 heavy (non-hydrogen) atoms. The first-order chi connectivity index (χ1) is 17.1. The first-order valence-electron chi connectivity index (χ1n) is 11.9. The lowest BCUT2D eigenvalue weighted by atomic mass is 9.89. The fraction of sp³-hybridized carbons (Fsp3) is 0.385. The van der Waals surface area contributed by atoms with Gasteiger partial charge >= 0.3 is 6.18 Å². The molecule has 1 amide bonds. The van der Waals surface area contributed by atoms with Crippen molar-refractivity contribution in [3.05, 3.63) is 65.7 Å². The molecule has 190 valence electrons. The average molecular weight is 503 g/mol. The Morgan fingerprint density at radius 2 is 1.78 bits per heavy atom. The molecule has 1 fully saturated rings. The molecule has 10 heteroatoms. The minimum Gasteiger partial charge on any atom is -0.372 e. The summed E-state index contributed by atoms with van der Waals surface area (Å²) in [5.74, 6) is -1.19. The summed E-state index contributed by atoms with van der Waals surface area (Å²) in [4.78, 5) is 12.8. The number of benzene rings is 2. The van der Waals surface area contributed by atoms with Gasteiger partial charge in [-0.3, -0.25) is 14.9 Å². The van der Waals surface area contributed by atoms with Crippen molar-refractivity contribution in [2.45, 2.75) is 50.4 Å². The average Bonchev–Trinajstić information content (AvgIpc) is 3.32. The van der Waals surface area contributed by atoms with Gasteiger partial charge in [0.1, 0.15) is 11.9 Å². The third kappa shape index (κ3) is 3.98. The molecule has 1 aliphatic carbocycles. The van der Waals surface area contributed by atoms with Crippen molar-refractivity contribution >= 4 is 5.91 Å². The summed E-state index contributed by atoms with van der Waals surface area (Å²) in [5.41, 5.74) is -0.592. The Balaban J connectivity index is 1.52. The van der Waals surface area contributed by atoms with Crippen LogP contribution in [0.25, 0.3) is 22.3 Å². The van der Waals surface area contributed by atoms with Crippen LogP contribution in [0, 0.1) is 5.82 Å². The monoisotopic (exact) mass is 502 g/mol. The normalized spacial score (nSPS) is 20.9. The molecule has 3 aromatic rings. The number of nitrogens with zero attached hydrogens (tertiary/aromatic N) is 3. The summed E-state index contributed by atoms with van der Waals surface area (Å²) < 4.78 is 58.5. The van der Waals surface area contributed by atoms with E-state index in [1.165, 1.54) is 35.3 Å². The zero-order valence-corrected chi connectivity index (χ0v) is 19.6. The van der Waals surface area contributed by atoms with Crippen LogP contribution in [0.2, 0.25) is 0 Å². The lowest BCUT2D eigenvalue weighted by molar-refractivity contribution is -0.246. The van der Waals surface area contributed by atoms with E-state index in [4.69, 9.17) is 0 Å². The zero-order valence-electron chi connectivity index (χ0n) is 19.6. The maximum Gasteiger partial charge on any atom is 0.425 e. The molecular formula is C26H26F4N4O2. The van der Waals surface area contributed by atoms with E-state index in [1.807, 2.05) is 5.01 Å². The van der Waals surface area contributed by atoms with Gasteiger partial charge in [0, 0.05) is 36.0 Å².